The van der Waals surface area contributed by atoms with Gasteiger partial charge in [-0.15, -0.1) is 0 Å². The lowest BCUT2D eigenvalue weighted by Gasteiger charge is -2.31. The Kier molecular flexibility index (Phi) is 5.99. The summed E-state index contributed by atoms with van der Waals surface area (Å²) in [6.07, 6.45) is 0.126. The molecule has 0 heterocycles. The molecule has 138 valence electrons. The number of likely N-dealkylation sites (N-methyl/N-ethyl adjacent to an activating group) is 1. The molecule has 24 heavy (non-hydrogen) atoms. The van der Waals surface area contributed by atoms with Crippen molar-refractivity contribution in [3.63, 3.8) is 0 Å². The number of hydrogen-bond donors (Lipinski definition) is 2. The second kappa shape index (κ2) is 6.92. The number of ketones is 2. The zero-order chi connectivity index (χ0) is 18.9. The summed E-state index contributed by atoms with van der Waals surface area (Å²) in [5.41, 5.74) is 4.09. The number of nitrogens with two attached hydrogens (primary N) is 1. The van der Waals surface area contributed by atoms with Crippen LogP contribution < -0.4 is 11.1 Å². The minimum atomic E-state index is -0.593. The van der Waals surface area contributed by atoms with Crippen molar-refractivity contribution in [2.24, 2.45) is 22.0 Å². The summed E-state index contributed by atoms with van der Waals surface area (Å²) in [4.78, 5) is 38.9. The fourth-order valence-electron chi connectivity index (χ4n) is 3.00. The molecular weight excluding hydrogens is 306 g/mol. The number of amides is 1. The van der Waals surface area contributed by atoms with E-state index in [0.717, 1.165) is 0 Å². The summed E-state index contributed by atoms with van der Waals surface area (Å²) < 4.78 is 0. The van der Waals surface area contributed by atoms with E-state index in [9.17, 15) is 14.4 Å². The lowest BCUT2D eigenvalue weighted by atomic mass is 9.86. The first kappa shape index (κ1) is 20.8. The van der Waals surface area contributed by atoms with Crippen LogP contribution in [0.25, 0.3) is 0 Å². The lowest BCUT2D eigenvalue weighted by Crippen LogP contribution is -2.50. The molecule has 0 bridgehead atoms. The maximum atomic E-state index is 12.5. The van der Waals surface area contributed by atoms with Gasteiger partial charge in [0.15, 0.2) is 0 Å². The van der Waals surface area contributed by atoms with Gasteiger partial charge in [-0.3, -0.25) is 19.3 Å². The van der Waals surface area contributed by atoms with Crippen molar-refractivity contribution in [3.05, 3.63) is 0 Å². The molecule has 0 saturated heterocycles. The standard InChI is InChI=1S/C18H33N3O3/c1-16(2,3)13(22)10-12(14(23)20-9-8-19)21(7)11-18(6)15(24)17(18,4)5/h12H,8-11,19H2,1-7H3,(H,20,23)/t12-,18+/m0/s1. The van der Waals surface area contributed by atoms with Crippen LogP contribution in [-0.2, 0) is 14.4 Å². The second-order valence-electron chi connectivity index (χ2n) is 8.67. The maximum Gasteiger partial charge on any atom is 0.237 e. The van der Waals surface area contributed by atoms with E-state index >= 15 is 0 Å². The first-order chi connectivity index (χ1) is 10.8. The molecule has 0 aromatic carbocycles. The molecule has 6 nitrogen and oxygen atoms in total. The van der Waals surface area contributed by atoms with E-state index in [1.807, 2.05) is 46.4 Å². The first-order valence-electron chi connectivity index (χ1n) is 8.55. The summed E-state index contributed by atoms with van der Waals surface area (Å²) in [7, 11) is 1.80. The van der Waals surface area contributed by atoms with E-state index in [0.29, 0.717) is 19.6 Å². The highest BCUT2D eigenvalue weighted by Crippen LogP contribution is 2.59. The molecule has 1 aliphatic rings. The lowest BCUT2D eigenvalue weighted by molar-refractivity contribution is -0.134. The predicted octanol–water partition coefficient (Wildman–Crippen LogP) is 0.982. The van der Waals surface area contributed by atoms with Gasteiger partial charge in [-0.1, -0.05) is 41.5 Å². The number of Topliss-reactive ketones (excluding diaryl/α,β-unsaturated/α-hetero) is 2. The second-order valence-corrected chi connectivity index (χ2v) is 8.67. The van der Waals surface area contributed by atoms with Gasteiger partial charge < -0.3 is 11.1 Å². The Hall–Kier alpha value is -1.27. The Balaban J connectivity index is 2.90. The SMILES string of the molecule is CN(C[C@]1(C)C(=O)C1(C)C)[C@@H](CC(=O)C(C)(C)C)C(=O)NCCN. The Morgan fingerprint density at radius 2 is 1.75 bits per heavy atom. The molecule has 1 fully saturated rings. The Bertz CT molecular complexity index is 522. The van der Waals surface area contributed by atoms with E-state index in [1.54, 1.807) is 7.05 Å². The number of nitrogens with zero attached hydrogens (tertiary/aromatic N) is 1. The average Bonchev–Trinajstić information content (AvgIpc) is 2.83. The normalized spacial score (nSPS) is 24.0. The number of carbonyl (C=O) groups excluding carboxylic acids is 3. The summed E-state index contributed by atoms with van der Waals surface area (Å²) in [6, 6.07) is -0.593. The molecule has 0 spiro atoms. The number of carbonyl (C=O) groups is 3. The smallest absolute Gasteiger partial charge is 0.237 e. The minimum absolute atomic E-state index is 0.0220. The molecular formula is C18H33N3O3. The number of rotatable bonds is 8. The molecule has 1 amide bonds. The molecule has 6 heteroatoms. The van der Waals surface area contributed by atoms with Crippen LogP contribution in [0.3, 0.4) is 0 Å². The van der Waals surface area contributed by atoms with Crippen LogP contribution in [0.1, 0.15) is 48.0 Å². The highest BCUT2D eigenvalue weighted by Gasteiger charge is 2.68. The molecule has 1 saturated carbocycles. The zero-order valence-corrected chi connectivity index (χ0v) is 16.2. The molecule has 1 rings (SSSR count). The molecule has 0 unspecified atom stereocenters. The van der Waals surface area contributed by atoms with E-state index in [-0.39, 0.29) is 29.3 Å². The van der Waals surface area contributed by atoms with Crippen LogP contribution in [-0.4, -0.2) is 55.1 Å². The van der Waals surface area contributed by atoms with Gasteiger partial charge in [0.25, 0.3) is 0 Å². The van der Waals surface area contributed by atoms with Crippen molar-refractivity contribution in [2.45, 2.75) is 54.0 Å². The van der Waals surface area contributed by atoms with E-state index < -0.39 is 16.9 Å². The fraction of sp³-hybridized carbons (Fsp3) is 0.833. The van der Waals surface area contributed by atoms with Crippen LogP contribution in [0, 0.1) is 16.2 Å². The third kappa shape index (κ3) is 4.03. The van der Waals surface area contributed by atoms with Crippen molar-refractivity contribution in [3.8, 4) is 0 Å². The Morgan fingerprint density at radius 1 is 1.25 bits per heavy atom. The molecule has 0 radical (unpaired) electrons. The summed E-state index contributed by atoms with van der Waals surface area (Å²) in [5.74, 6) is 0.00829. The highest BCUT2D eigenvalue weighted by molar-refractivity contribution is 6.07. The molecule has 1 aliphatic carbocycles. The van der Waals surface area contributed by atoms with Crippen molar-refractivity contribution < 1.29 is 14.4 Å². The van der Waals surface area contributed by atoms with Crippen molar-refractivity contribution in [1.82, 2.24) is 10.2 Å². The largest absolute Gasteiger partial charge is 0.353 e. The Labute approximate surface area is 145 Å². The van der Waals surface area contributed by atoms with Crippen LogP contribution in [0.5, 0.6) is 0 Å². The van der Waals surface area contributed by atoms with Gasteiger partial charge in [-0.05, 0) is 7.05 Å². The van der Waals surface area contributed by atoms with Gasteiger partial charge in [-0.25, -0.2) is 0 Å². The van der Waals surface area contributed by atoms with Gasteiger partial charge >= 0.3 is 0 Å². The van der Waals surface area contributed by atoms with Crippen LogP contribution in [0.4, 0.5) is 0 Å². The molecule has 3 N–H and O–H groups in total. The monoisotopic (exact) mass is 339 g/mol. The topological polar surface area (TPSA) is 92.5 Å². The number of hydrogen-bond acceptors (Lipinski definition) is 5. The van der Waals surface area contributed by atoms with Gasteiger partial charge in [0.1, 0.15) is 11.6 Å². The van der Waals surface area contributed by atoms with E-state index in [1.165, 1.54) is 0 Å². The maximum absolute atomic E-state index is 12.5. The quantitative estimate of drug-likeness (QED) is 0.688. The minimum Gasteiger partial charge on any atom is -0.353 e. The van der Waals surface area contributed by atoms with Gasteiger partial charge in [0, 0.05) is 36.9 Å². The van der Waals surface area contributed by atoms with Gasteiger partial charge in [-0.2, -0.15) is 0 Å². The predicted molar refractivity (Wildman–Crippen MR) is 94.5 cm³/mol. The Morgan fingerprint density at radius 3 is 2.12 bits per heavy atom. The van der Waals surface area contributed by atoms with Crippen molar-refractivity contribution in [1.29, 1.82) is 0 Å². The first-order valence-corrected chi connectivity index (χ1v) is 8.55. The highest BCUT2D eigenvalue weighted by atomic mass is 16.2. The summed E-state index contributed by atoms with van der Waals surface area (Å²) in [5, 5.41) is 2.77. The van der Waals surface area contributed by atoms with E-state index in [4.69, 9.17) is 5.73 Å². The summed E-state index contributed by atoms with van der Waals surface area (Å²) >= 11 is 0. The molecule has 2 atom stereocenters. The molecule has 0 aromatic rings. The van der Waals surface area contributed by atoms with Crippen LogP contribution >= 0.6 is 0 Å². The molecule has 0 aliphatic heterocycles. The van der Waals surface area contributed by atoms with E-state index in [2.05, 4.69) is 5.32 Å². The summed E-state index contributed by atoms with van der Waals surface area (Å²) in [6.45, 7) is 12.5. The zero-order valence-electron chi connectivity index (χ0n) is 16.2. The van der Waals surface area contributed by atoms with Crippen molar-refractivity contribution in [2.75, 3.05) is 26.7 Å². The van der Waals surface area contributed by atoms with Gasteiger partial charge in [0.2, 0.25) is 5.91 Å². The molecule has 0 aromatic heterocycles. The van der Waals surface area contributed by atoms with Crippen molar-refractivity contribution >= 4 is 17.5 Å². The fourth-order valence-corrected chi connectivity index (χ4v) is 3.00. The van der Waals surface area contributed by atoms with Crippen LogP contribution in [0.2, 0.25) is 0 Å². The van der Waals surface area contributed by atoms with Gasteiger partial charge in [0.05, 0.1) is 11.5 Å². The average molecular weight is 339 g/mol. The third-order valence-corrected chi connectivity index (χ3v) is 5.44. The number of nitrogens with one attached hydrogen (secondary N) is 1. The third-order valence-electron chi connectivity index (χ3n) is 5.44. The van der Waals surface area contributed by atoms with Crippen LogP contribution in [0.15, 0.2) is 0 Å².